The van der Waals surface area contributed by atoms with Gasteiger partial charge >= 0.3 is 11.8 Å². The van der Waals surface area contributed by atoms with Gasteiger partial charge in [0.05, 0.1) is 5.02 Å². The molecule has 0 saturated heterocycles. The summed E-state index contributed by atoms with van der Waals surface area (Å²) in [4.78, 5) is 34.0. The lowest BCUT2D eigenvalue weighted by molar-refractivity contribution is -0.141. The molecule has 1 aromatic rings. The van der Waals surface area contributed by atoms with E-state index in [1.165, 1.54) is 0 Å². The lowest BCUT2D eigenvalue weighted by atomic mass is 10.3. The Kier molecular flexibility index (Phi) is 6.48. The summed E-state index contributed by atoms with van der Waals surface area (Å²) in [6.45, 7) is 3.07. The Morgan fingerprint density at radius 3 is 2.43 bits per heavy atom. The van der Waals surface area contributed by atoms with E-state index in [0.717, 1.165) is 0 Å². The number of benzene rings is 1. The minimum Gasteiger partial charge on any atom is -0.482 e. The van der Waals surface area contributed by atoms with Crippen LogP contribution in [-0.2, 0) is 14.4 Å². The van der Waals surface area contributed by atoms with Gasteiger partial charge in [-0.15, -0.1) is 0 Å². The first kappa shape index (κ1) is 16.8. The van der Waals surface area contributed by atoms with Crippen molar-refractivity contribution in [3.63, 3.8) is 0 Å². The number of carbonyl (C=O) groups excluding carboxylic acids is 3. The number of amides is 3. The highest BCUT2D eigenvalue weighted by atomic mass is 35.5. The second kappa shape index (κ2) is 8.11. The third-order valence-electron chi connectivity index (χ3n) is 2.14. The monoisotopic (exact) mass is 313 g/mol. The number of halogens is 1. The Morgan fingerprint density at radius 2 is 1.81 bits per heavy atom. The van der Waals surface area contributed by atoms with E-state index in [-0.39, 0.29) is 12.6 Å². The summed E-state index contributed by atoms with van der Waals surface area (Å²) >= 11 is 5.85. The number of carbonyl (C=O) groups is 3. The highest BCUT2D eigenvalue weighted by Gasteiger charge is 2.15. The van der Waals surface area contributed by atoms with Gasteiger partial charge in [-0.05, 0) is 26.0 Å². The second-order valence-corrected chi connectivity index (χ2v) is 4.76. The van der Waals surface area contributed by atoms with Crippen molar-refractivity contribution in [2.75, 3.05) is 6.61 Å². The van der Waals surface area contributed by atoms with Crippen LogP contribution in [0.4, 0.5) is 0 Å². The van der Waals surface area contributed by atoms with Crippen molar-refractivity contribution in [1.82, 2.24) is 16.2 Å². The molecule has 0 aliphatic carbocycles. The Hall–Kier alpha value is -2.28. The zero-order valence-corrected chi connectivity index (χ0v) is 12.4. The van der Waals surface area contributed by atoms with E-state index >= 15 is 0 Å². The maximum atomic E-state index is 11.5. The molecule has 0 atom stereocenters. The van der Waals surface area contributed by atoms with Gasteiger partial charge in [-0.25, -0.2) is 0 Å². The van der Waals surface area contributed by atoms with Crippen molar-refractivity contribution >= 4 is 29.3 Å². The molecule has 3 amide bonds. The van der Waals surface area contributed by atoms with Gasteiger partial charge in [0.2, 0.25) is 0 Å². The van der Waals surface area contributed by atoms with E-state index in [4.69, 9.17) is 16.3 Å². The first-order valence-corrected chi connectivity index (χ1v) is 6.55. The van der Waals surface area contributed by atoms with Gasteiger partial charge in [0, 0.05) is 6.04 Å². The quantitative estimate of drug-likeness (QED) is 0.553. The van der Waals surface area contributed by atoms with Crippen LogP contribution < -0.4 is 20.9 Å². The molecule has 8 heteroatoms. The molecule has 21 heavy (non-hydrogen) atoms. The number of hydrogen-bond acceptors (Lipinski definition) is 4. The Bertz CT molecular complexity index is 534. The fourth-order valence-corrected chi connectivity index (χ4v) is 1.44. The molecule has 1 rings (SSSR count). The SMILES string of the molecule is CC(C)NC(=O)C(=O)NNC(=O)COc1ccccc1Cl. The maximum absolute atomic E-state index is 11.5. The van der Waals surface area contributed by atoms with Gasteiger partial charge in [0.15, 0.2) is 6.61 Å². The van der Waals surface area contributed by atoms with Crippen LogP contribution in [0.15, 0.2) is 24.3 Å². The van der Waals surface area contributed by atoms with Crippen LogP contribution in [0.3, 0.4) is 0 Å². The molecule has 0 radical (unpaired) electrons. The lowest BCUT2D eigenvalue weighted by Crippen LogP contribution is -2.50. The van der Waals surface area contributed by atoms with E-state index in [9.17, 15) is 14.4 Å². The highest BCUT2D eigenvalue weighted by Crippen LogP contribution is 2.22. The third kappa shape index (κ3) is 6.13. The van der Waals surface area contributed by atoms with Gasteiger partial charge < -0.3 is 10.1 Å². The fraction of sp³-hybridized carbons (Fsp3) is 0.308. The zero-order valence-electron chi connectivity index (χ0n) is 11.6. The number of para-hydroxylation sites is 1. The number of ether oxygens (including phenoxy) is 1. The van der Waals surface area contributed by atoms with Crippen molar-refractivity contribution in [2.24, 2.45) is 0 Å². The molecule has 3 N–H and O–H groups in total. The number of hydrazine groups is 1. The van der Waals surface area contributed by atoms with Gasteiger partial charge in [0.25, 0.3) is 5.91 Å². The first-order chi connectivity index (χ1) is 9.90. The van der Waals surface area contributed by atoms with Gasteiger partial charge in [-0.1, -0.05) is 23.7 Å². The van der Waals surface area contributed by atoms with Crippen LogP contribution in [-0.4, -0.2) is 30.4 Å². The summed E-state index contributed by atoms with van der Waals surface area (Å²) in [5.74, 6) is -2.08. The van der Waals surface area contributed by atoms with E-state index in [1.54, 1.807) is 38.1 Å². The summed E-state index contributed by atoms with van der Waals surface area (Å²) in [5.41, 5.74) is 4.03. The Labute approximate surface area is 127 Å². The molecule has 0 fully saturated rings. The molecule has 0 aliphatic heterocycles. The average Bonchev–Trinajstić information content (AvgIpc) is 2.43. The molecule has 114 valence electrons. The summed E-state index contributed by atoms with van der Waals surface area (Å²) in [6, 6.07) is 6.47. The normalized spacial score (nSPS) is 9.90. The van der Waals surface area contributed by atoms with Crippen LogP contribution in [0, 0.1) is 0 Å². The Morgan fingerprint density at radius 1 is 1.14 bits per heavy atom. The molecule has 0 spiro atoms. The molecular weight excluding hydrogens is 298 g/mol. The second-order valence-electron chi connectivity index (χ2n) is 4.35. The molecule has 7 nitrogen and oxygen atoms in total. The predicted octanol–water partition coefficient (Wildman–Crippen LogP) is 0.391. The number of rotatable bonds is 4. The summed E-state index contributed by atoms with van der Waals surface area (Å²) in [5, 5.41) is 2.75. The molecule has 0 heterocycles. The largest absolute Gasteiger partial charge is 0.482 e. The summed E-state index contributed by atoms with van der Waals surface area (Å²) in [6.07, 6.45) is 0. The van der Waals surface area contributed by atoms with Crippen LogP contribution in [0.5, 0.6) is 5.75 Å². The first-order valence-electron chi connectivity index (χ1n) is 6.17. The van der Waals surface area contributed by atoms with Crippen molar-refractivity contribution in [1.29, 1.82) is 0 Å². The molecule has 0 saturated carbocycles. The van der Waals surface area contributed by atoms with Crippen LogP contribution in [0.25, 0.3) is 0 Å². The summed E-state index contributed by atoms with van der Waals surface area (Å²) in [7, 11) is 0. The molecule has 1 aromatic carbocycles. The molecule has 0 bridgehead atoms. The van der Waals surface area contributed by atoms with Crippen molar-refractivity contribution in [3.8, 4) is 5.75 Å². The smallest absolute Gasteiger partial charge is 0.327 e. The van der Waals surface area contributed by atoms with Crippen molar-refractivity contribution in [2.45, 2.75) is 19.9 Å². The molecule has 0 aromatic heterocycles. The Balaban J connectivity index is 2.33. The number of hydrogen-bond donors (Lipinski definition) is 3. The maximum Gasteiger partial charge on any atom is 0.327 e. The van der Waals surface area contributed by atoms with Crippen LogP contribution in [0.2, 0.25) is 5.02 Å². The fourth-order valence-electron chi connectivity index (χ4n) is 1.25. The molecule has 0 unspecified atom stereocenters. The van der Waals surface area contributed by atoms with E-state index in [1.807, 2.05) is 5.43 Å². The van der Waals surface area contributed by atoms with E-state index in [2.05, 4.69) is 10.7 Å². The van der Waals surface area contributed by atoms with Crippen LogP contribution in [0.1, 0.15) is 13.8 Å². The highest BCUT2D eigenvalue weighted by molar-refractivity contribution is 6.35. The molecular formula is C13H16ClN3O4. The predicted molar refractivity (Wildman–Crippen MR) is 76.5 cm³/mol. The van der Waals surface area contributed by atoms with Crippen molar-refractivity contribution < 1.29 is 19.1 Å². The van der Waals surface area contributed by atoms with Gasteiger partial charge in [-0.2, -0.15) is 0 Å². The summed E-state index contributed by atoms with van der Waals surface area (Å²) < 4.78 is 5.16. The van der Waals surface area contributed by atoms with E-state index < -0.39 is 17.7 Å². The van der Waals surface area contributed by atoms with Crippen molar-refractivity contribution in [3.05, 3.63) is 29.3 Å². The minimum absolute atomic E-state index is 0.178. The minimum atomic E-state index is -0.963. The molecule has 0 aliphatic rings. The van der Waals surface area contributed by atoms with E-state index in [0.29, 0.717) is 10.8 Å². The average molecular weight is 314 g/mol. The van der Waals surface area contributed by atoms with Gasteiger partial charge in [-0.3, -0.25) is 25.2 Å². The zero-order chi connectivity index (χ0) is 15.8. The van der Waals surface area contributed by atoms with Crippen LogP contribution >= 0.6 is 11.6 Å². The van der Waals surface area contributed by atoms with Gasteiger partial charge in [0.1, 0.15) is 5.75 Å². The standard InChI is InChI=1S/C13H16ClN3O4/c1-8(2)15-12(19)13(20)17-16-11(18)7-21-10-6-4-3-5-9(10)14/h3-6,8H,7H2,1-2H3,(H,15,19)(H,16,18)(H,17,20). The third-order valence-corrected chi connectivity index (χ3v) is 2.45. The number of nitrogens with one attached hydrogen (secondary N) is 3. The lowest BCUT2D eigenvalue weighted by Gasteiger charge is -2.10. The topological polar surface area (TPSA) is 96.5 Å².